The lowest BCUT2D eigenvalue weighted by atomic mass is 9.66. The number of benzene rings is 3. The number of allylic oxidation sites excluding steroid dienone is 2. The van der Waals surface area contributed by atoms with Crippen LogP contribution < -0.4 is 0 Å². The zero-order valence-corrected chi connectivity index (χ0v) is 16.9. The van der Waals surface area contributed by atoms with Gasteiger partial charge in [-0.2, -0.15) is 5.26 Å². The fourth-order valence-electron chi connectivity index (χ4n) is 5.45. The van der Waals surface area contributed by atoms with Crippen LogP contribution in [0.1, 0.15) is 36.5 Å². The molecule has 0 heterocycles. The first kappa shape index (κ1) is 18.6. The standard InChI is InChI=1S/C27H23NO2/c1-18(23-13-7-11-19-8-5-6-12-24(19)23)30-26(29)27(17-28)22-15-14-21(16-22)25(27)20-9-3-2-4-10-20/h2-15,18,21-22,25H,16H2,1H3/t18-,21+,22-,25+,27+/m0/s1. The monoisotopic (exact) mass is 393 g/mol. The predicted molar refractivity (Wildman–Crippen MR) is 116 cm³/mol. The Kier molecular flexibility index (Phi) is 4.44. The van der Waals surface area contributed by atoms with Gasteiger partial charge < -0.3 is 4.74 Å². The summed E-state index contributed by atoms with van der Waals surface area (Å²) in [6.45, 7) is 1.89. The molecule has 2 aliphatic carbocycles. The molecule has 3 aromatic rings. The Morgan fingerprint density at radius 3 is 2.57 bits per heavy atom. The minimum Gasteiger partial charge on any atom is -0.457 e. The van der Waals surface area contributed by atoms with Crippen LogP contribution in [0.5, 0.6) is 0 Å². The lowest BCUT2D eigenvalue weighted by Crippen LogP contribution is -2.41. The van der Waals surface area contributed by atoms with E-state index in [1.807, 2.05) is 73.7 Å². The van der Waals surface area contributed by atoms with E-state index in [1.54, 1.807) is 0 Å². The molecule has 3 nitrogen and oxygen atoms in total. The van der Waals surface area contributed by atoms with Crippen molar-refractivity contribution in [1.29, 1.82) is 5.26 Å². The van der Waals surface area contributed by atoms with Crippen LogP contribution >= 0.6 is 0 Å². The van der Waals surface area contributed by atoms with Crippen molar-refractivity contribution in [2.75, 3.05) is 0 Å². The largest absolute Gasteiger partial charge is 0.457 e. The van der Waals surface area contributed by atoms with Gasteiger partial charge >= 0.3 is 5.97 Å². The summed E-state index contributed by atoms with van der Waals surface area (Å²) in [4.78, 5) is 13.6. The van der Waals surface area contributed by atoms with Gasteiger partial charge in [-0.15, -0.1) is 0 Å². The molecule has 5 rings (SSSR count). The van der Waals surface area contributed by atoms with Gasteiger partial charge in [-0.3, -0.25) is 4.79 Å². The maximum Gasteiger partial charge on any atom is 0.328 e. The number of carbonyl (C=O) groups excluding carboxylic acids is 1. The maximum absolute atomic E-state index is 13.6. The quantitative estimate of drug-likeness (QED) is 0.407. The number of esters is 1. The highest BCUT2D eigenvalue weighted by Crippen LogP contribution is 2.61. The van der Waals surface area contributed by atoms with Crippen LogP contribution in [-0.2, 0) is 9.53 Å². The molecule has 0 spiro atoms. The first-order valence-electron chi connectivity index (χ1n) is 10.5. The molecule has 0 aromatic heterocycles. The van der Waals surface area contributed by atoms with Crippen molar-refractivity contribution in [3.8, 4) is 6.07 Å². The first-order valence-corrected chi connectivity index (χ1v) is 10.5. The van der Waals surface area contributed by atoms with E-state index in [0.717, 1.165) is 28.3 Å². The van der Waals surface area contributed by atoms with E-state index in [4.69, 9.17) is 4.74 Å². The summed E-state index contributed by atoms with van der Waals surface area (Å²) >= 11 is 0. The minimum atomic E-state index is -1.18. The van der Waals surface area contributed by atoms with Gasteiger partial charge in [-0.25, -0.2) is 0 Å². The molecular weight excluding hydrogens is 370 g/mol. The second-order valence-electron chi connectivity index (χ2n) is 8.38. The van der Waals surface area contributed by atoms with Gasteiger partial charge in [0.2, 0.25) is 0 Å². The van der Waals surface area contributed by atoms with Gasteiger partial charge in [-0.1, -0.05) is 84.9 Å². The second-order valence-corrected chi connectivity index (χ2v) is 8.38. The third kappa shape index (κ3) is 2.68. The Morgan fingerprint density at radius 2 is 1.77 bits per heavy atom. The highest BCUT2D eigenvalue weighted by atomic mass is 16.5. The fourth-order valence-corrected chi connectivity index (χ4v) is 5.45. The van der Waals surface area contributed by atoms with E-state index >= 15 is 0 Å². The van der Waals surface area contributed by atoms with Crippen LogP contribution in [0.4, 0.5) is 0 Å². The Bertz CT molecular complexity index is 1170. The molecule has 0 amide bonds. The van der Waals surface area contributed by atoms with Gasteiger partial charge in [0.15, 0.2) is 5.41 Å². The molecule has 3 heteroatoms. The second kappa shape index (κ2) is 7.15. The summed E-state index contributed by atoms with van der Waals surface area (Å²) in [7, 11) is 0. The van der Waals surface area contributed by atoms with Crippen LogP contribution in [0.2, 0.25) is 0 Å². The van der Waals surface area contributed by atoms with Gasteiger partial charge in [0, 0.05) is 11.8 Å². The molecule has 2 bridgehead atoms. The number of nitriles is 1. The SMILES string of the molecule is C[C@H](OC(=O)[C@@]1(C#N)[C@H](c2ccccc2)[C@@H]2C=C[C@H]1C2)c1cccc2ccccc12. The molecule has 2 aliphatic rings. The molecule has 0 N–H and O–H groups in total. The van der Waals surface area contributed by atoms with Crippen molar-refractivity contribution in [3.63, 3.8) is 0 Å². The molecule has 0 saturated heterocycles. The smallest absolute Gasteiger partial charge is 0.328 e. The van der Waals surface area contributed by atoms with Crippen molar-refractivity contribution < 1.29 is 9.53 Å². The fraction of sp³-hybridized carbons (Fsp3) is 0.259. The van der Waals surface area contributed by atoms with Gasteiger partial charge in [0.1, 0.15) is 6.10 Å². The van der Waals surface area contributed by atoms with E-state index in [1.165, 1.54) is 0 Å². The number of fused-ring (bicyclic) bond motifs is 3. The summed E-state index contributed by atoms with van der Waals surface area (Å²) in [5, 5.41) is 12.5. The lowest BCUT2D eigenvalue weighted by Gasteiger charge is -2.35. The minimum absolute atomic E-state index is 0.107. The number of rotatable bonds is 4. The van der Waals surface area contributed by atoms with E-state index < -0.39 is 17.5 Å². The Hall–Kier alpha value is -3.38. The molecule has 0 radical (unpaired) electrons. The van der Waals surface area contributed by atoms with Crippen LogP contribution in [-0.4, -0.2) is 5.97 Å². The highest BCUT2D eigenvalue weighted by molar-refractivity contribution is 5.87. The average Bonchev–Trinajstić information content (AvgIpc) is 3.39. The number of hydrogen-bond donors (Lipinski definition) is 0. The summed E-state index contributed by atoms with van der Waals surface area (Å²) in [5.41, 5.74) is 0.815. The number of nitrogens with zero attached hydrogens (tertiary/aromatic N) is 1. The molecule has 1 saturated carbocycles. The topological polar surface area (TPSA) is 50.1 Å². The summed E-state index contributed by atoms with van der Waals surface area (Å²) in [6.07, 6.45) is 4.59. The lowest BCUT2D eigenvalue weighted by molar-refractivity contribution is -0.160. The van der Waals surface area contributed by atoms with Gasteiger partial charge in [0.05, 0.1) is 6.07 Å². The van der Waals surface area contributed by atoms with Gasteiger partial charge in [0.25, 0.3) is 0 Å². The Balaban J connectivity index is 1.51. The molecule has 1 fully saturated rings. The van der Waals surface area contributed by atoms with Gasteiger partial charge in [-0.05, 0) is 41.2 Å². The summed E-state index contributed by atoms with van der Waals surface area (Å²) in [5.74, 6) is -0.496. The number of carbonyl (C=O) groups is 1. The van der Waals surface area contributed by atoms with Crippen molar-refractivity contribution in [2.24, 2.45) is 17.3 Å². The molecule has 5 atom stereocenters. The first-order chi connectivity index (χ1) is 14.6. The normalized spacial score (nSPS) is 27.7. The van der Waals surface area contributed by atoms with E-state index in [9.17, 15) is 10.1 Å². The zero-order chi connectivity index (χ0) is 20.7. The molecule has 30 heavy (non-hydrogen) atoms. The van der Waals surface area contributed by atoms with Crippen LogP contribution in [0.25, 0.3) is 10.8 Å². The summed E-state index contributed by atoms with van der Waals surface area (Å²) < 4.78 is 6.03. The van der Waals surface area contributed by atoms with Crippen molar-refractivity contribution in [1.82, 2.24) is 0 Å². The van der Waals surface area contributed by atoms with Crippen molar-refractivity contribution in [2.45, 2.75) is 25.4 Å². The summed E-state index contributed by atoms with van der Waals surface area (Å²) in [6, 6.07) is 26.5. The van der Waals surface area contributed by atoms with Crippen LogP contribution in [0.3, 0.4) is 0 Å². The van der Waals surface area contributed by atoms with Crippen molar-refractivity contribution >= 4 is 16.7 Å². The Morgan fingerprint density at radius 1 is 1.03 bits per heavy atom. The zero-order valence-electron chi connectivity index (χ0n) is 16.9. The highest BCUT2D eigenvalue weighted by Gasteiger charge is 2.62. The average molecular weight is 393 g/mol. The van der Waals surface area contributed by atoms with Crippen molar-refractivity contribution in [3.05, 3.63) is 96.1 Å². The number of ether oxygens (including phenoxy) is 1. The van der Waals surface area contributed by atoms with E-state index in [2.05, 4.69) is 24.3 Å². The molecule has 0 unspecified atom stereocenters. The third-order valence-electron chi connectivity index (χ3n) is 6.85. The molecule has 0 aliphatic heterocycles. The van der Waals surface area contributed by atoms with Crippen LogP contribution in [0.15, 0.2) is 84.9 Å². The van der Waals surface area contributed by atoms with E-state index in [0.29, 0.717) is 0 Å². The Labute approximate surface area is 176 Å². The molecule has 148 valence electrons. The number of hydrogen-bond acceptors (Lipinski definition) is 3. The van der Waals surface area contributed by atoms with Crippen LogP contribution in [0, 0.1) is 28.6 Å². The third-order valence-corrected chi connectivity index (χ3v) is 6.85. The molecule has 3 aromatic carbocycles. The maximum atomic E-state index is 13.6. The predicted octanol–water partition coefficient (Wildman–Crippen LogP) is 5.94. The molecular formula is C27H23NO2. The van der Waals surface area contributed by atoms with E-state index in [-0.39, 0.29) is 17.8 Å².